The fraction of sp³-hybridized carbons (Fsp3) is 0.235. The van der Waals surface area contributed by atoms with E-state index in [-0.39, 0.29) is 6.03 Å². The number of hydrogen-bond acceptors (Lipinski definition) is 3. The molecular weight excluding hydrogens is 316 g/mol. The summed E-state index contributed by atoms with van der Waals surface area (Å²) in [6.45, 7) is 0.452. The van der Waals surface area contributed by atoms with Crippen molar-refractivity contribution in [3.05, 3.63) is 53.1 Å². The van der Waals surface area contributed by atoms with E-state index < -0.39 is 0 Å². The number of hydrogen-bond donors (Lipinski definition) is 1. The minimum absolute atomic E-state index is 0.236. The van der Waals surface area contributed by atoms with Gasteiger partial charge in [-0.25, -0.2) is 4.79 Å². The lowest BCUT2D eigenvalue weighted by Crippen LogP contribution is -2.30. The number of urea groups is 1. The van der Waals surface area contributed by atoms with Gasteiger partial charge in [-0.2, -0.15) is 0 Å². The van der Waals surface area contributed by atoms with Crippen LogP contribution in [0.3, 0.4) is 0 Å². The van der Waals surface area contributed by atoms with Gasteiger partial charge in [0.05, 0.1) is 14.2 Å². The fourth-order valence-electron chi connectivity index (χ4n) is 2.08. The molecule has 0 aliphatic carbocycles. The fourth-order valence-corrected chi connectivity index (χ4v) is 2.29. The third-order valence-electron chi connectivity index (χ3n) is 3.26. The first-order chi connectivity index (χ1) is 11.0. The second kappa shape index (κ2) is 7.74. The molecule has 2 rings (SSSR count). The first-order valence-electron chi connectivity index (χ1n) is 7.01. The van der Waals surface area contributed by atoms with E-state index >= 15 is 0 Å². The summed E-state index contributed by atoms with van der Waals surface area (Å²) in [6.07, 6.45) is 0. The zero-order valence-corrected chi connectivity index (χ0v) is 14.1. The van der Waals surface area contributed by atoms with Gasteiger partial charge in [0.25, 0.3) is 0 Å². The number of ether oxygens (including phenoxy) is 2. The van der Waals surface area contributed by atoms with Crippen LogP contribution in [0, 0.1) is 0 Å². The van der Waals surface area contributed by atoms with E-state index in [1.165, 1.54) is 0 Å². The van der Waals surface area contributed by atoms with Crippen LogP contribution < -0.4 is 14.8 Å². The van der Waals surface area contributed by atoms with Gasteiger partial charge in [-0.1, -0.05) is 23.7 Å². The molecule has 5 nitrogen and oxygen atoms in total. The Balaban J connectivity index is 2.06. The molecule has 0 aliphatic heterocycles. The van der Waals surface area contributed by atoms with Crippen molar-refractivity contribution < 1.29 is 14.3 Å². The van der Waals surface area contributed by atoms with Gasteiger partial charge >= 0.3 is 6.03 Å². The number of carbonyl (C=O) groups excluding carboxylic acids is 1. The van der Waals surface area contributed by atoms with Crippen molar-refractivity contribution in [2.24, 2.45) is 0 Å². The average Bonchev–Trinajstić information content (AvgIpc) is 2.54. The molecule has 2 aromatic carbocycles. The van der Waals surface area contributed by atoms with E-state index in [1.54, 1.807) is 50.4 Å². The predicted molar refractivity (Wildman–Crippen MR) is 91.5 cm³/mol. The lowest BCUT2D eigenvalue weighted by atomic mass is 10.2. The topological polar surface area (TPSA) is 50.8 Å². The van der Waals surface area contributed by atoms with Crippen molar-refractivity contribution in [1.82, 2.24) is 4.90 Å². The number of nitrogens with zero attached hydrogens (tertiary/aromatic N) is 1. The summed E-state index contributed by atoms with van der Waals surface area (Å²) in [6, 6.07) is 12.4. The molecule has 0 saturated carbocycles. The van der Waals surface area contributed by atoms with Crippen molar-refractivity contribution in [1.29, 1.82) is 0 Å². The predicted octanol–water partition coefficient (Wildman–Crippen LogP) is 4.02. The average molecular weight is 335 g/mol. The van der Waals surface area contributed by atoms with Crippen molar-refractivity contribution in [3.63, 3.8) is 0 Å². The van der Waals surface area contributed by atoms with Crippen LogP contribution in [0.1, 0.15) is 5.56 Å². The third-order valence-corrected chi connectivity index (χ3v) is 3.49. The number of amides is 2. The summed E-state index contributed by atoms with van der Waals surface area (Å²) in [5, 5.41) is 3.47. The Morgan fingerprint density at radius 1 is 1.13 bits per heavy atom. The summed E-state index contributed by atoms with van der Waals surface area (Å²) in [5.74, 6) is 1.22. The molecular formula is C17H19ClN2O3. The van der Waals surface area contributed by atoms with Crippen LogP contribution in [0.15, 0.2) is 42.5 Å². The minimum atomic E-state index is -0.236. The lowest BCUT2D eigenvalue weighted by Gasteiger charge is -2.19. The first-order valence-corrected chi connectivity index (χ1v) is 7.39. The standard InChI is InChI=1S/C17H19ClN2O3/c1-20(11-12-5-4-6-13(18)7-12)17(21)19-14-8-15(22-2)10-16(9-14)23-3/h4-10H,11H2,1-3H3,(H,19,21). The molecule has 0 unspecified atom stereocenters. The monoisotopic (exact) mass is 334 g/mol. The highest BCUT2D eigenvalue weighted by Gasteiger charge is 2.11. The summed E-state index contributed by atoms with van der Waals surface area (Å²) in [5.41, 5.74) is 1.56. The molecule has 0 heterocycles. The van der Waals surface area contributed by atoms with E-state index in [0.29, 0.717) is 28.8 Å². The Kier molecular flexibility index (Phi) is 5.71. The molecule has 0 bridgehead atoms. The number of benzene rings is 2. The van der Waals surface area contributed by atoms with Crippen LogP contribution in [0.5, 0.6) is 11.5 Å². The Labute approximate surface area is 140 Å². The molecule has 1 N–H and O–H groups in total. The first kappa shape index (κ1) is 17.0. The summed E-state index contributed by atoms with van der Waals surface area (Å²) in [4.78, 5) is 13.9. The smallest absolute Gasteiger partial charge is 0.321 e. The highest BCUT2D eigenvalue weighted by atomic mass is 35.5. The van der Waals surface area contributed by atoms with Gasteiger partial charge in [0, 0.05) is 42.5 Å². The summed E-state index contributed by atoms with van der Waals surface area (Å²) < 4.78 is 10.4. The van der Waals surface area contributed by atoms with Gasteiger partial charge in [0.2, 0.25) is 0 Å². The maximum absolute atomic E-state index is 12.3. The molecule has 0 saturated heterocycles. The second-order valence-electron chi connectivity index (χ2n) is 5.02. The highest BCUT2D eigenvalue weighted by Crippen LogP contribution is 2.26. The lowest BCUT2D eigenvalue weighted by molar-refractivity contribution is 0.220. The van der Waals surface area contributed by atoms with Gasteiger partial charge in [-0.15, -0.1) is 0 Å². The number of carbonyl (C=O) groups is 1. The summed E-state index contributed by atoms with van der Waals surface area (Å²) in [7, 11) is 4.84. The SMILES string of the molecule is COc1cc(NC(=O)N(C)Cc2cccc(Cl)c2)cc(OC)c1. The van der Waals surface area contributed by atoms with E-state index in [2.05, 4.69) is 5.32 Å². The Morgan fingerprint density at radius 3 is 2.35 bits per heavy atom. The number of anilines is 1. The zero-order chi connectivity index (χ0) is 16.8. The molecule has 0 atom stereocenters. The molecule has 0 fully saturated rings. The van der Waals surface area contributed by atoms with E-state index in [4.69, 9.17) is 21.1 Å². The highest BCUT2D eigenvalue weighted by molar-refractivity contribution is 6.30. The second-order valence-corrected chi connectivity index (χ2v) is 5.45. The number of methoxy groups -OCH3 is 2. The Bertz CT molecular complexity index is 669. The number of halogens is 1. The maximum Gasteiger partial charge on any atom is 0.321 e. The molecule has 0 aliphatic rings. The van der Waals surface area contributed by atoms with Crippen LogP contribution >= 0.6 is 11.6 Å². The Morgan fingerprint density at radius 2 is 1.78 bits per heavy atom. The molecule has 23 heavy (non-hydrogen) atoms. The van der Waals surface area contributed by atoms with E-state index in [9.17, 15) is 4.79 Å². The molecule has 0 radical (unpaired) electrons. The summed E-state index contributed by atoms with van der Waals surface area (Å²) >= 11 is 5.96. The molecule has 122 valence electrons. The van der Waals surface area contributed by atoms with Gasteiger partial charge in [0.15, 0.2) is 0 Å². The van der Waals surface area contributed by atoms with Crippen molar-refractivity contribution >= 4 is 23.3 Å². The van der Waals surface area contributed by atoms with Gasteiger partial charge in [-0.3, -0.25) is 0 Å². The van der Waals surface area contributed by atoms with Gasteiger partial charge in [0.1, 0.15) is 11.5 Å². The van der Waals surface area contributed by atoms with E-state index in [1.807, 2.05) is 18.2 Å². The quantitative estimate of drug-likeness (QED) is 0.898. The zero-order valence-electron chi connectivity index (χ0n) is 13.3. The Hall–Kier alpha value is -2.40. The molecule has 2 aromatic rings. The third kappa shape index (κ3) is 4.79. The maximum atomic E-state index is 12.3. The molecule has 6 heteroatoms. The largest absolute Gasteiger partial charge is 0.497 e. The number of rotatable bonds is 5. The van der Waals surface area contributed by atoms with Crippen LogP contribution in [-0.4, -0.2) is 32.2 Å². The molecule has 2 amide bonds. The van der Waals surface area contributed by atoms with Crippen molar-refractivity contribution in [2.75, 3.05) is 26.6 Å². The van der Waals surface area contributed by atoms with Crippen molar-refractivity contribution in [3.8, 4) is 11.5 Å². The number of nitrogens with one attached hydrogen (secondary N) is 1. The molecule has 0 aromatic heterocycles. The van der Waals surface area contributed by atoms with Crippen LogP contribution in [0.2, 0.25) is 5.02 Å². The minimum Gasteiger partial charge on any atom is -0.497 e. The van der Waals surface area contributed by atoms with Crippen molar-refractivity contribution in [2.45, 2.75) is 6.54 Å². The van der Waals surface area contributed by atoms with Crippen LogP contribution in [0.25, 0.3) is 0 Å². The van der Waals surface area contributed by atoms with Crippen LogP contribution in [0.4, 0.5) is 10.5 Å². The van der Waals surface area contributed by atoms with Crippen LogP contribution in [-0.2, 0) is 6.54 Å². The van der Waals surface area contributed by atoms with Gasteiger partial charge < -0.3 is 19.7 Å². The normalized spacial score (nSPS) is 10.1. The molecule has 0 spiro atoms. The van der Waals surface area contributed by atoms with Gasteiger partial charge in [-0.05, 0) is 17.7 Å². The van der Waals surface area contributed by atoms with E-state index in [0.717, 1.165) is 5.56 Å².